The molecule has 1 unspecified atom stereocenters. The Morgan fingerprint density at radius 3 is 2.42 bits per heavy atom. The quantitative estimate of drug-likeness (QED) is 0.370. The van der Waals surface area contributed by atoms with Crippen LogP contribution in [0.3, 0.4) is 0 Å². The smallest absolute Gasteiger partial charge is 0.229 e. The van der Waals surface area contributed by atoms with Crippen molar-refractivity contribution in [2.45, 2.75) is 77.0 Å². The molecular weight excluding hydrogens is 453 g/mol. The Kier molecular flexibility index (Phi) is 8.66. The Morgan fingerprint density at radius 1 is 1.15 bits per heavy atom. The summed E-state index contributed by atoms with van der Waals surface area (Å²) in [7, 11) is 0. The average Bonchev–Trinajstić information content (AvgIpc) is 2.77. The molecule has 1 aliphatic heterocycles. The lowest BCUT2D eigenvalue weighted by Gasteiger charge is -2.52. The fourth-order valence-corrected chi connectivity index (χ4v) is 5.59. The van der Waals surface area contributed by atoms with E-state index in [1.165, 1.54) is 0 Å². The molecule has 1 saturated heterocycles. The molecule has 0 aliphatic carbocycles. The lowest BCUT2D eigenvalue weighted by atomic mass is 9.67. The van der Waals surface area contributed by atoms with E-state index in [2.05, 4.69) is 31.4 Å². The monoisotopic (exact) mass is 487 g/mol. The van der Waals surface area contributed by atoms with Gasteiger partial charge in [-0.1, -0.05) is 67.4 Å². The minimum Gasteiger partial charge on any atom is -0.393 e. The minimum absolute atomic E-state index is 0.0129. The number of hydrogen-bond acceptors (Lipinski definition) is 2. The van der Waals surface area contributed by atoms with Gasteiger partial charge in [0.05, 0.1) is 17.6 Å². The highest BCUT2D eigenvalue weighted by Gasteiger charge is 2.50. The van der Waals surface area contributed by atoms with Crippen LogP contribution in [0.2, 0.25) is 10.0 Å². The second-order valence-electron chi connectivity index (χ2n) is 9.62. The third-order valence-corrected chi connectivity index (χ3v) is 7.45. The van der Waals surface area contributed by atoms with Crippen LogP contribution in [0.25, 0.3) is 0 Å². The molecule has 33 heavy (non-hydrogen) atoms. The summed E-state index contributed by atoms with van der Waals surface area (Å²) < 4.78 is 0. The molecule has 2 aromatic rings. The summed E-state index contributed by atoms with van der Waals surface area (Å²) in [5.41, 5.74) is 1.63. The number of rotatable bonds is 9. The molecule has 1 fully saturated rings. The van der Waals surface area contributed by atoms with E-state index in [9.17, 15) is 9.90 Å². The highest BCUT2D eigenvalue weighted by molar-refractivity contribution is 6.30. The van der Waals surface area contributed by atoms with Gasteiger partial charge in [0.25, 0.3) is 0 Å². The van der Waals surface area contributed by atoms with Gasteiger partial charge in [0.15, 0.2) is 0 Å². The molecule has 3 rings (SSSR count). The Morgan fingerprint density at radius 2 is 1.85 bits per heavy atom. The fraction of sp³-hybridized carbons (Fsp3) is 0.464. The summed E-state index contributed by atoms with van der Waals surface area (Å²) in [5, 5.41) is 11.3. The molecule has 0 saturated carbocycles. The number of aliphatic hydroxyl groups excluding tert-OH is 1. The zero-order valence-corrected chi connectivity index (χ0v) is 21.3. The van der Waals surface area contributed by atoms with Crippen LogP contribution in [-0.2, 0) is 4.79 Å². The molecule has 2 aromatic carbocycles. The summed E-state index contributed by atoms with van der Waals surface area (Å²) in [6.07, 6.45) is 4.97. The maximum Gasteiger partial charge on any atom is 0.229 e. The second-order valence-corrected chi connectivity index (χ2v) is 10.5. The van der Waals surface area contributed by atoms with Crippen LogP contribution in [0, 0.1) is 5.41 Å². The Balaban J connectivity index is 2.19. The van der Waals surface area contributed by atoms with Crippen molar-refractivity contribution in [2.75, 3.05) is 0 Å². The molecule has 0 radical (unpaired) electrons. The Hall–Kier alpha value is -1.81. The SMILES string of the molecule is C=CC[C@@]1(C)C[C@H](c2cccc(Cl)c2)[C@@H](c2ccc(Cl)cc2)N([C@@H](CC)CCC(C)O)C1=O. The summed E-state index contributed by atoms with van der Waals surface area (Å²) >= 11 is 12.6. The first-order valence-corrected chi connectivity index (χ1v) is 12.6. The van der Waals surface area contributed by atoms with E-state index >= 15 is 0 Å². The lowest BCUT2D eigenvalue weighted by molar-refractivity contribution is -0.155. The summed E-state index contributed by atoms with van der Waals surface area (Å²) in [6, 6.07) is 15.7. The van der Waals surface area contributed by atoms with Gasteiger partial charge in [-0.05, 0) is 74.4 Å². The molecule has 3 nitrogen and oxygen atoms in total. The van der Waals surface area contributed by atoms with Crippen molar-refractivity contribution in [1.29, 1.82) is 0 Å². The number of hydrogen-bond donors (Lipinski definition) is 1. The van der Waals surface area contributed by atoms with Crippen molar-refractivity contribution in [3.63, 3.8) is 0 Å². The van der Waals surface area contributed by atoms with Crippen molar-refractivity contribution in [2.24, 2.45) is 5.41 Å². The highest BCUT2D eigenvalue weighted by Crippen LogP contribution is 2.52. The molecule has 1 N–H and O–H groups in total. The number of piperidine rings is 1. The van der Waals surface area contributed by atoms with Gasteiger partial charge in [-0.25, -0.2) is 0 Å². The van der Waals surface area contributed by atoms with E-state index in [4.69, 9.17) is 23.2 Å². The van der Waals surface area contributed by atoms with Crippen LogP contribution >= 0.6 is 23.2 Å². The third kappa shape index (κ3) is 5.82. The number of carbonyl (C=O) groups is 1. The van der Waals surface area contributed by atoms with Gasteiger partial charge in [0, 0.05) is 22.0 Å². The number of likely N-dealkylation sites (tertiary alicyclic amines) is 1. The van der Waals surface area contributed by atoms with Crippen molar-refractivity contribution in [3.8, 4) is 0 Å². The van der Waals surface area contributed by atoms with Crippen LogP contribution in [0.4, 0.5) is 0 Å². The number of benzene rings is 2. The predicted octanol–water partition coefficient (Wildman–Crippen LogP) is 7.57. The topological polar surface area (TPSA) is 40.5 Å². The number of amides is 1. The minimum atomic E-state index is -0.560. The van der Waals surface area contributed by atoms with Crippen molar-refractivity contribution in [1.82, 2.24) is 4.90 Å². The molecule has 1 aliphatic rings. The van der Waals surface area contributed by atoms with Gasteiger partial charge in [-0.2, -0.15) is 0 Å². The van der Waals surface area contributed by atoms with E-state index in [-0.39, 0.29) is 23.9 Å². The van der Waals surface area contributed by atoms with E-state index in [0.717, 1.165) is 24.0 Å². The van der Waals surface area contributed by atoms with E-state index in [1.807, 2.05) is 48.5 Å². The molecule has 0 bridgehead atoms. The zero-order chi connectivity index (χ0) is 24.2. The second kappa shape index (κ2) is 11.1. The van der Waals surface area contributed by atoms with Gasteiger partial charge in [-0.15, -0.1) is 6.58 Å². The standard InChI is InChI=1S/C28H35Cl2NO2/c1-5-16-28(4)18-25(21-8-7-9-23(30)17-21)26(20-11-13-22(29)14-12-20)31(27(28)33)24(6-2)15-10-19(3)32/h5,7-9,11-14,17,19,24-26,32H,1,6,10,15-16,18H2,2-4H3/t19?,24-,25+,26+,28-/m0/s1. The van der Waals surface area contributed by atoms with Crippen LogP contribution in [0.5, 0.6) is 0 Å². The summed E-state index contributed by atoms with van der Waals surface area (Å²) in [4.78, 5) is 16.2. The van der Waals surface area contributed by atoms with E-state index in [1.54, 1.807) is 6.92 Å². The van der Waals surface area contributed by atoms with Crippen LogP contribution in [0.1, 0.15) is 76.0 Å². The molecule has 5 heteroatoms. The number of allylic oxidation sites excluding steroid dienone is 1. The largest absolute Gasteiger partial charge is 0.393 e. The Labute approximate surface area is 208 Å². The van der Waals surface area contributed by atoms with E-state index in [0.29, 0.717) is 29.3 Å². The first-order valence-electron chi connectivity index (χ1n) is 11.8. The molecule has 0 spiro atoms. The fourth-order valence-electron chi connectivity index (χ4n) is 5.26. The molecule has 1 amide bonds. The van der Waals surface area contributed by atoms with E-state index < -0.39 is 11.5 Å². The van der Waals surface area contributed by atoms with Crippen LogP contribution in [-0.4, -0.2) is 28.1 Å². The zero-order valence-electron chi connectivity index (χ0n) is 19.8. The van der Waals surface area contributed by atoms with Crippen molar-refractivity contribution in [3.05, 3.63) is 82.4 Å². The van der Waals surface area contributed by atoms with Crippen molar-refractivity contribution >= 4 is 29.1 Å². The normalized spacial score (nSPS) is 25.0. The summed E-state index contributed by atoms with van der Waals surface area (Å²) in [6.45, 7) is 9.92. The molecule has 5 atom stereocenters. The van der Waals surface area contributed by atoms with Gasteiger partial charge in [0.2, 0.25) is 5.91 Å². The maximum absolute atomic E-state index is 14.1. The third-order valence-electron chi connectivity index (χ3n) is 6.97. The average molecular weight is 488 g/mol. The molecule has 178 valence electrons. The maximum atomic E-state index is 14.1. The van der Waals surface area contributed by atoms with Gasteiger partial charge >= 0.3 is 0 Å². The first kappa shape index (κ1) is 25.8. The van der Waals surface area contributed by atoms with Crippen LogP contribution in [0.15, 0.2) is 61.2 Å². The number of nitrogens with zero attached hydrogens (tertiary/aromatic N) is 1. The number of aliphatic hydroxyl groups is 1. The Bertz CT molecular complexity index is 959. The molecule has 1 heterocycles. The van der Waals surface area contributed by atoms with Crippen LogP contribution < -0.4 is 0 Å². The lowest BCUT2D eigenvalue weighted by Crippen LogP contribution is -2.55. The van der Waals surface area contributed by atoms with Gasteiger partial charge in [0.1, 0.15) is 0 Å². The number of halogens is 2. The predicted molar refractivity (Wildman–Crippen MR) is 138 cm³/mol. The number of carbonyl (C=O) groups excluding carboxylic acids is 1. The molecular formula is C28H35Cl2NO2. The van der Waals surface area contributed by atoms with Crippen molar-refractivity contribution < 1.29 is 9.90 Å². The molecule has 0 aromatic heterocycles. The summed E-state index contributed by atoms with van der Waals surface area (Å²) in [5.74, 6) is 0.214. The highest BCUT2D eigenvalue weighted by atomic mass is 35.5. The van der Waals surface area contributed by atoms with Gasteiger partial charge < -0.3 is 10.0 Å². The first-order chi connectivity index (χ1) is 15.7. The van der Waals surface area contributed by atoms with Gasteiger partial charge in [-0.3, -0.25) is 4.79 Å².